The van der Waals surface area contributed by atoms with E-state index in [-0.39, 0.29) is 23.7 Å². The first-order valence-corrected chi connectivity index (χ1v) is 9.00. The number of benzene rings is 1. The van der Waals surface area contributed by atoms with Gasteiger partial charge in [-0.2, -0.15) is 0 Å². The highest BCUT2D eigenvalue weighted by Crippen LogP contribution is 2.19. The highest BCUT2D eigenvalue weighted by molar-refractivity contribution is 5.93. The standard InChI is InChI=1S/C20H24FN3O3/c1-15(16-3-5-18(21)6-4-16)22(2)19(25)13-23-8-10-24(11-9-23)20(26)17-7-12-27-14-17/h3-7,12,14-15H,8-11,13H2,1-2H3. The topological polar surface area (TPSA) is 57.0 Å². The van der Waals surface area contributed by atoms with Crippen molar-refractivity contribution in [1.82, 2.24) is 14.7 Å². The second kappa shape index (κ2) is 8.35. The molecule has 1 fully saturated rings. The van der Waals surface area contributed by atoms with Gasteiger partial charge in [-0.1, -0.05) is 12.1 Å². The van der Waals surface area contributed by atoms with Crippen molar-refractivity contribution in [3.8, 4) is 0 Å². The first-order valence-electron chi connectivity index (χ1n) is 9.00. The van der Waals surface area contributed by atoms with Crippen molar-refractivity contribution in [2.75, 3.05) is 39.8 Å². The van der Waals surface area contributed by atoms with Gasteiger partial charge >= 0.3 is 0 Å². The zero-order chi connectivity index (χ0) is 19.4. The van der Waals surface area contributed by atoms with Crippen LogP contribution in [0.25, 0.3) is 0 Å². The second-order valence-electron chi connectivity index (χ2n) is 6.81. The number of hydrogen-bond donors (Lipinski definition) is 0. The number of hydrogen-bond acceptors (Lipinski definition) is 4. The van der Waals surface area contributed by atoms with Gasteiger partial charge in [0.15, 0.2) is 0 Å². The molecule has 144 valence electrons. The van der Waals surface area contributed by atoms with Gasteiger partial charge in [0.05, 0.1) is 24.4 Å². The number of nitrogens with zero attached hydrogens (tertiary/aromatic N) is 3. The van der Waals surface area contributed by atoms with Crippen molar-refractivity contribution in [1.29, 1.82) is 0 Å². The number of piperazine rings is 1. The fraction of sp³-hybridized carbons (Fsp3) is 0.400. The molecule has 1 unspecified atom stereocenters. The molecule has 0 aliphatic carbocycles. The van der Waals surface area contributed by atoms with Crippen molar-refractivity contribution < 1.29 is 18.4 Å². The molecule has 1 aliphatic heterocycles. The van der Waals surface area contributed by atoms with E-state index in [1.54, 1.807) is 35.0 Å². The zero-order valence-electron chi connectivity index (χ0n) is 15.6. The number of carbonyl (C=O) groups is 2. The van der Waals surface area contributed by atoms with Crippen LogP contribution in [0.15, 0.2) is 47.3 Å². The molecular formula is C20H24FN3O3. The predicted octanol–water partition coefficient (Wildman–Crippen LogP) is 2.40. The Kier molecular flexibility index (Phi) is 5.91. The van der Waals surface area contributed by atoms with E-state index < -0.39 is 0 Å². The summed E-state index contributed by atoms with van der Waals surface area (Å²) in [6.07, 6.45) is 2.93. The first-order chi connectivity index (χ1) is 13.0. The maximum atomic E-state index is 13.1. The van der Waals surface area contributed by atoms with Crippen LogP contribution in [0.2, 0.25) is 0 Å². The van der Waals surface area contributed by atoms with E-state index in [0.717, 1.165) is 5.56 Å². The Bertz CT molecular complexity index is 768. The molecule has 7 heteroatoms. The molecule has 1 aliphatic rings. The molecule has 0 saturated carbocycles. The van der Waals surface area contributed by atoms with Gasteiger partial charge in [0.1, 0.15) is 12.1 Å². The molecular weight excluding hydrogens is 349 g/mol. The summed E-state index contributed by atoms with van der Waals surface area (Å²) in [6, 6.07) is 7.72. The minimum absolute atomic E-state index is 0.00133. The van der Waals surface area contributed by atoms with Crippen LogP contribution in [-0.4, -0.2) is 66.3 Å². The third-order valence-corrected chi connectivity index (χ3v) is 5.11. The molecule has 1 aromatic heterocycles. The van der Waals surface area contributed by atoms with E-state index in [9.17, 15) is 14.0 Å². The van der Waals surface area contributed by atoms with Gasteiger partial charge in [0.2, 0.25) is 5.91 Å². The quantitative estimate of drug-likeness (QED) is 0.808. The van der Waals surface area contributed by atoms with Crippen molar-refractivity contribution in [3.05, 3.63) is 59.8 Å². The molecule has 3 rings (SSSR count). The van der Waals surface area contributed by atoms with Crippen LogP contribution in [0.4, 0.5) is 4.39 Å². The van der Waals surface area contributed by atoms with Gasteiger partial charge in [0, 0.05) is 33.2 Å². The molecule has 0 radical (unpaired) electrons. The third kappa shape index (κ3) is 4.54. The fourth-order valence-corrected chi connectivity index (χ4v) is 3.16. The van der Waals surface area contributed by atoms with E-state index in [1.807, 2.05) is 6.92 Å². The Morgan fingerprint density at radius 1 is 1.15 bits per heavy atom. The fourth-order valence-electron chi connectivity index (χ4n) is 3.16. The summed E-state index contributed by atoms with van der Waals surface area (Å²) in [5, 5.41) is 0. The number of halogens is 1. The zero-order valence-corrected chi connectivity index (χ0v) is 15.6. The van der Waals surface area contributed by atoms with Crippen LogP contribution in [0.1, 0.15) is 28.9 Å². The highest BCUT2D eigenvalue weighted by atomic mass is 19.1. The van der Waals surface area contributed by atoms with Crippen LogP contribution in [0.3, 0.4) is 0 Å². The Balaban J connectivity index is 1.50. The lowest BCUT2D eigenvalue weighted by Gasteiger charge is -2.35. The maximum absolute atomic E-state index is 13.1. The molecule has 0 N–H and O–H groups in total. The van der Waals surface area contributed by atoms with Gasteiger partial charge in [-0.3, -0.25) is 14.5 Å². The van der Waals surface area contributed by atoms with E-state index in [4.69, 9.17) is 4.42 Å². The largest absolute Gasteiger partial charge is 0.472 e. The van der Waals surface area contributed by atoms with Crippen LogP contribution < -0.4 is 0 Å². The molecule has 27 heavy (non-hydrogen) atoms. The van der Waals surface area contributed by atoms with Crippen LogP contribution in [0.5, 0.6) is 0 Å². The van der Waals surface area contributed by atoms with Crippen LogP contribution in [-0.2, 0) is 4.79 Å². The summed E-state index contributed by atoms with van der Waals surface area (Å²) in [4.78, 5) is 30.4. The Morgan fingerprint density at radius 2 is 1.81 bits per heavy atom. The minimum atomic E-state index is -0.289. The molecule has 2 heterocycles. The number of amides is 2. The lowest BCUT2D eigenvalue weighted by atomic mass is 10.1. The lowest BCUT2D eigenvalue weighted by Crippen LogP contribution is -2.51. The molecule has 0 spiro atoms. The van der Waals surface area contributed by atoms with Gasteiger partial charge in [-0.15, -0.1) is 0 Å². The summed E-state index contributed by atoms with van der Waals surface area (Å²) < 4.78 is 18.0. The summed E-state index contributed by atoms with van der Waals surface area (Å²) in [7, 11) is 1.76. The van der Waals surface area contributed by atoms with E-state index >= 15 is 0 Å². The van der Waals surface area contributed by atoms with E-state index in [2.05, 4.69) is 4.90 Å². The molecule has 1 aromatic carbocycles. The average Bonchev–Trinajstić information content (AvgIpc) is 3.22. The molecule has 1 atom stereocenters. The van der Waals surface area contributed by atoms with Crippen molar-refractivity contribution >= 4 is 11.8 Å². The maximum Gasteiger partial charge on any atom is 0.257 e. The summed E-state index contributed by atoms with van der Waals surface area (Å²) in [5.74, 6) is -0.332. The van der Waals surface area contributed by atoms with Gasteiger partial charge < -0.3 is 14.2 Å². The highest BCUT2D eigenvalue weighted by Gasteiger charge is 2.25. The number of likely N-dealkylation sites (N-methyl/N-ethyl adjacent to an activating group) is 1. The molecule has 2 amide bonds. The van der Waals surface area contributed by atoms with Crippen LogP contribution >= 0.6 is 0 Å². The smallest absolute Gasteiger partial charge is 0.257 e. The lowest BCUT2D eigenvalue weighted by molar-refractivity contribution is -0.133. The summed E-state index contributed by atoms with van der Waals surface area (Å²) in [5.41, 5.74) is 1.44. The average molecular weight is 373 g/mol. The van der Waals surface area contributed by atoms with Gasteiger partial charge in [0.25, 0.3) is 5.91 Å². The summed E-state index contributed by atoms with van der Waals surface area (Å²) >= 11 is 0. The van der Waals surface area contributed by atoms with Crippen LogP contribution in [0, 0.1) is 5.82 Å². The first kappa shape index (κ1) is 19.1. The third-order valence-electron chi connectivity index (χ3n) is 5.11. The molecule has 6 nitrogen and oxygen atoms in total. The number of carbonyl (C=O) groups excluding carboxylic acids is 2. The molecule has 2 aromatic rings. The van der Waals surface area contributed by atoms with Gasteiger partial charge in [-0.05, 0) is 30.7 Å². The molecule has 1 saturated heterocycles. The SMILES string of the molecule is CC(c1ccc(F)cc1)N(C)C(=O)CN1CCN(C(=O)c2ccoc2)CC1. The normalized spacial score (nSPS) is 16.2. The monoisotopic (exact) mass is 373 g/mol. The van der Waals surface area contributed by atoms with Crippen molar-refractivity contribution in [3.63, 3.8) is 0 Å². The predicted molar refractivity (Wildman–Crippen MR) is 98.6 cm³/mol. The Morgan fingerprint density at radius 3 is 2.41 bits per heavy atom. The van der Waals surface area contributed by atoms with Gasteiger partial charge in [-0.25, -0.2) is 4.39 Å². The second-order valence-corrected chi connectivity index (χ2v) is 6.81. The Labute approximate surface area is 158 Å². The van der Waals surface area contributed by atoms with Crippen molar-refractivity contribution in [2.45, 2.75) is 13.0 Å². The number of rotatable bonds is 5. The van der Waals surface area contributed by atoms with E-state index in [0.29, 0.717) is 38.3 Å². The molecule has 0 bridgehead atoms. The number of furan rings is 1. The Hall–Kier alpha value is -2.67. The minimum Gasteiger partial charge on any atom is -0.472 e. The summed E-state index contributed by atoms with van der Waals surface area (Å²) in [6.45, 7) is 4.67. The van der Waals surface area contributed by atoms with Crippen molar-refractivity contribution in [2.24, 2.45) is 0 Å². The van der Waals surface area contributed by atoms with E-state index in [1.165, 1.54) is 24.7 Å².